The minimum Gasteiger partial charge on any atom is -0.398 e. The van der Waals surface area contributed by atoms with Crippen molar-refractivity contribution in [1.82, 2.24) is 9.78 Å². The summed E-state index contributed by atoms with van der Waals surface area (Å²) in [5.41, 5.74) is 8.07. The second-order valence-corrected chi connectivity index (χ2v) is 4.17. The van der Waals surface area contributed by atoms with Crippen LogP contribution in [0.5, 0.6) is 0 Å². The van der Waals surface area contributed by atoms with Crippen LogP contribution in [-0.2, 0) is 4.79 Å². The number of aromatic nitrogens is 2. The maximum Gasteiger partial charge on any atom is 0.248 e. The molecule has 2 aromatic rings. The van der Waals surface area contributed by atoms with E-state index in [1.54, 1.807) is 30.1 Å². The molecule has 1 unspecified atom stereocenters. The molecule has 3 N–H and O–H groups in total. The second kappa shape index (κ2) is 4.91. The third-order valence-corrected chi connectivity index (χ3v) is 2.93. The number of carbonyl (C=O) groups is 1. The minimum atomic E-state index is -0.360. The molecule has 1 aromatic carbocycles. The van der Waals surface area contributed by atoms with Gasteiger partial charge in [0.2, 0.25) is 5.91 Å². The largest absolute Gasteiger partial charge is 0.398 e. The highest BCUT2D eigenvalue weighted by atomic mass is 16.2. The fourth-order valence-corrected chi connectivity index (χ4v) is 1.66. The van der Waals surface area contributed by atoms with E-state index in [0.29, 0.717) is 5.69 Å². The summed E-state index contributed by atoms with van der Waals surface area (Å²) in [6.45, 7) is 3.67. The SMILES string of the molecule is Cc1c(N)cccc1NC(=O)C(C)n1cccn1. The maximum absolute atomic E-state index is 12.1. The van der Waals surface area contributed by atoms with E-state index in [0.717, 1.165) is 11.3 Å². The first-order valence-electron chi connectivity index (χ1n) is 5.74. The van der Waals surface area contributed by atoms with Crippen molar-refractivity contribution in [2.24, 2.45) is 0 Å². The van der Waals surface area contributed by atoms with Gasteiger partial charge < -0.3 is 11.1 Å². The van der Waals surface area contributed by atoms with Crippen molar-refractivity contribution in [2.75, 3.05) is 11.1 Å². The van der Waals surface area contributed by atoms with E-state index in [9.17, 15) is 4.79 Å². The van der Waals surface area contributed by atoms with Gasteiger partial charge in [0.05, 0.1) is 0 Å². The van der Waals surface area contributed by atoms with Gasteiger partial charge in [-0.05, 0) is 37.6 Å². The first kappa shape index (κ1) is 12.2. The van der Waals surface area contributed by atoms with Crippen LogP contribution in [0.1, 0.15) is 18.5 Å². The van der Waals surface area contributed by atoms with Gasteiger partial charge in [-0.15, -0.1) is 0 Å². The highest BCUT2D eigenvalue weighted by Crippen LogP contribution is 2.21. The predicted octanol–water partition coefficient (Wildman–Crippen LogP) is 1.97. The minimum absolute atomic E-state index is 0.118. The van der Waals surface area contributed by atoms with E-state index in [1.165, 1.54) is 0 Å². The number of nitrogens with zero attached hydrogens (tertiary/aromatic N) is 2. The van der Waals surface area contributed by atoms with Gasteiger partial charge in [-0.2, -0.15) is 5.10 Å². The van der Waals surface area contributed by atoms with Crippen LogP contribution in [0.15, 0.2) is 36.7 Å². The van der Waals surface area contributed by atoms with E-state index in [4.69, 9.17) is 5.73 Å². The van der Waals surface area contributed by atoms with Crippen LogP contribution in [0.25, 0.3) is 0 Å². The van der Waals surface area contributed by atoms with Crippen LogP contribution >= 0.6 is 0 Å². The van der Waals surface area contributed by atoms with E-state index in [-0.39, 0.29) is 11.9 Å². The second-order valence-electron chi connectivity index (χ2n) is 4.17. The Bertz CT molecular complexity index is 548. The molecule has 0 aliphatic rings. The zero-order valence-electron chi connectivity index (χ0n) is 10.4. The molecule has 1 amide bonds. The van der Waals surface area contributed by atoms with Crippen molar-refractivity contribution >= 4 is 17.3 Å². The number of amides is 1. The Hall–Kier alpha value is -2.30. The Balaban J connectivity index is 2.14. The number of hydrogen-bond acceptors (Lipinski definition) is 3. The van der Waals surface area contributed by atoms with Crippen molar-refractivity contribution in [1.29, 1.82) is 0 Å². The average molecular weight is 244 g/mol. The third-order valence-electron chi connectivity index (χ3n) is 2.93. The quantitative estimate of drug-likeness (QED) is 0.811. The number of nitrogens with one attached hydrogen (secondary N) is 1. The molecule has 5 heteroatoms. The molecule has 0 spiro atoms. The fourth-order valence-electron chi connectivity index (χ4n) is 1.66. The van der Waals surface area contributed by atoms with Gasteiger partial charge in [-0.3, -0.25) is 9.48 Å². The van der Waals surface area contributed by atoms with Crippen LogP contribution in [0.2, 0.25) is 0 Å². The van der Waals surface area contributed by atoms with Crippen molar-refractivity contribution in [3.05, 3.63) is 42.2 Å². The number of nitrogen functional groups attached to an aromatic ring is 1. The number of anilines is 2. The third kappa shape index (κ3) is 2.34. The van der Waals surface area contributed by atoms with Crippen molar-refractivity contribution in [2.45, 2.75) is 19.9 Å². The molecule has 0 aliphatic carbocycles. The van der Waals surface area contributed by atoms with Crippen LogP contribution in [0.4, 0.5) is 11.4 Å². The molecule has 1 atom stereocenters. The van der Waals surface area contributed by atoms with Gasteiger partial charge in [-0.25, -0.2) is 0 Å². The van der Waals surface area contributed by atoms with E-state index in [2.05, 4.69) is 10.4 Å². The monoisotopic (exact) mass is 244 g/mol. The van der Waals surface area contributed by atoms with Crippen LogP contribution in [0.3, 0.4) is 0 Å². The number of benzene rings is 1. The van der Waals surface area contributed by atoms with Gasteiger partial charge in [-0.1, -0.05) is 6.07 Å². The summed E-state index contributed by atoms with van der Waals surface area (Å²) in [6.07, 6.45) is 3.41. The number of hydrogen-bond donors (Lipinski definition) is 2. The molecule has 1 heterocycles. The maximum atomic E-state index is 12.1. The lowest BCUT2D eigenvalue weighted by molar-refractivity contribution is -0.119. The first-order chi connectivity index (χ1) is 8.59. The first-order valence-corrected chi connectivity index (χ1v) is 5.74. The molecule has 0 saturated heterocycles. The molecule has 0 saturated carbocycles. The van der Waals surface area contributed by atoms with Gasteiger partial charge >= 0.3 is 0 Å². The topological polar surface area (TPSA) is 72.9 Å². The Morgan fingerprint density at radius 2 is 2.22 bits per heavy atom. The molecular weight excluding hydrogens is 228 g/mol. The fraction of sp³-hybridized carbons (Fsp3) is 0.231. The van der Waals surface area contributed by atoms with Crippen LogP contribution in [-0.4, -0.2) is 15.7 Å². The number of rotatable bonds is 3. The van der Waals surface area contributed by atoms with E-state index in [1.807, 2.05) is 25.1 Å². The molecule has 2 rings (SSSR count). The van der Waals surface area contributed by atoms with Gasteiger partial charge in [0.1, 0.15) is 6.04 Å². The molecule has 0 bridgehead atoms. The molecular formula is C13H16N4O. The van der Waals surface area contributed by atoms with Crippen LogP contribution in [0, 0.1) is 6.92 Å². The number of carbonyl (C=O) groups excluding carboxylic acids is 1. The summed E-state index contributed by atoms with van der Waals surface area (Å²) in [4.78, 5) is 12.1. The Morgan fingerprint density at radius 3 is 2.89 bits per heavy atom. The lowest BCUT2D eigenvalue weighted by atomic mass is 10.1. The molecule has 5 nitrogen and oxygen atoms in total. The zero-order chi connectivity index (χ0) is 13.1. The summed E-state index contributed by atoms with van der Waals surface area (Å²) in [5.74, 6) is -0.118. The van der Waals surface area contributed by atoms with Gasteiger partial charge in [0.25, 0.3) is 0 Å². The van der Waals surface area contributed by atoms with Crippen molar-refractivity contribution < 1.29 is 4.79 Å². The van der Waals surface area contributed by atoms with E-state index >= 15 is 0 Å². The lowest BCUT2D eigenvalue weighted by Crippen LogP contribution is -2.24. The summed E-state index contributed by atoms with van der Waals surface area (Å²) < 4.78 is 1.61. The normalized spacial score (nSPS) is 12.1. The summed E-state index contributed by atoms with van der Waals surface area (Å²) in [5, 5.41) is 6.91. The predicted molar refractivity (Wildman–Crippen MR) is 71.2 cm³/mol. The molecule has 94 valence electrons. The standard InChI is InChI=1S/C13H16N4O/c1-9-11(14)5-3-6-12(9)16-13(18)10(2)17-8-4-7-15-17/h3-8,10H,14H2,1-2H3,(H,16,18). The molecule has 0 radical (unpaired) electrons. The molecule has 0 aliphatic heterocycles. The highest BCUT2D eigenvalue weighted by molar-refractivity contribution is 5.94. The van der Waals surface area contributed by atoms with E-state index < -0.39 is 0 Å². The lowest BCUT2D eigenvalue weighted by Gasteiger charge is -2.14. The Labute approximate surface area is 106 Å². The molecule has 1 aromatic heterocycles. The van der Waals surface area contributed by atoms with Crippen molar-refractivity contribution in [3.8, 4) is 0 Å². The summed E-state index contributed by atoms with van der Waals surface area (Å²) >= 11 is 0. The smallest absolute Gasteiger partial charge is 0.248 e. The van der Waals surface area contributed by atoms with Crippen molar-refractivity contribution in [3.63, 3.8) is 0 Å². The van der Waals surface area contributed by atoms with Gasteiger partial charge in [0, 0.05) is 23.8 Å². The van der Waals surface area contributed by atoms with Crippen LogP contribution < -0.4 is 11.1 Å². The number of nitrogens with two attached hydrogens (primary N) is 1. The summed E-state index contributed by atoms with van der Waals surface area (Å²) in [7, 11) is 0. The molecule has 18 heavy (non-hydrogen) atoms. The summed E-state index contributed by atoms with van der Waals surface area (Å²) in [6, 6.07) is 6.88. The average Bonchev–Trinajstić information content (AvgIpc) is 2.87. The Morgan fingerprint density at radius 1 is 1.44 bits per heavy atom. The highest BCUT2D eigenvalue weighted by Gasteiger charge is 2.15. The van der Waals surface area contributed by atoms with Gasteiger partial charge in [0.15, 0.2) is 0 Å². The Kier molecular flexibility index (Phi) is 3.32. The zero-order valence-corrected chi connectivity index (χ0v) is 10.4. The molecule has 0 fully saturated rings.